The summed E-state index contributed by atoms with van der Waals surface area (Å²) in [6, 6.07) is 7.09. The molecule has 21 heavy (non-hydrogen) atoms. The minimum atomic E-state index is -0.319. The molecular formula is C15H15ClN2O3. The fraction of sp³-hybridized carbons (Fsp3) is 0.333. The van der Waals surface area contributed by atoms with Crippen molar-refractivity contribution in [2.75, 3.05) is 26.4 Å². The van der Waals surface area contributed by atoms with E-state index in [4.69, 9.17) is 16.3 Å². The Hall–Kier alpha value is -1.69. The molecule has 0 aliphatic carbocycles. The third-order valence-corrected chi connectivity index (χ3v) is 3.98. The average molecular weight is 307 g/mol. The Morgan fingerprint density at radius 2 is 2.19 bits per heavy atom. The van der Waals surface area contributed by atoms with Crippen molar-refractivity contribution in [3.8, 4) is 0 Å². The lowest BCUT2D eigenvalue weighted by atomic mass is 10.1. The molecule has 1 fully saturated rings. The quantitative estimate of drug-likeness (QED) is 0.858. The van der Waals surface area contributed by atoms with Gasteiger partial charge < -0.3 is 14.7 Å². The summed E-state index contributed by atoms with van der Waals surface area (Å²) in [5.41, 5.74) is 0.496. The van der Waals surface area contributed by atoms with Gasteiger partial charge in [-0.05, 0) is 5.39 Å². The molecule has 6 heteroatoms. The van der Waals surface area contributed by atoms with Crippen molar-refractivity contribution in [3.05, 3.63) is 41.2 Å². The maximum absolute atomic E-state index is 12.8. The van der Waals surface area contributed by atoms with Crippen LogP contribution in [-0.4, -0.2) is 53.3 Å². The summed E-state index contributed by atoms with van der Waals surface area (Å²) in [5, 5.41) is 11.3. The summed E-state index contributed by atoms with van der Waals surface area (Å²) in [7, 11) is 0. The molecule has 1 aliphatic heterocycles. The maximum atomic E-state index is 12.8. The number of halogens is 1. The SMILES string of the molecule is O=C(c1cnc(Cl)c2ccccc12)N1CCOCC1CO. The summed E-state index contributed by atoms with van der Waals surface area (Å²) < 4.78 is 5.31. The number of hydrogen-bond acceptors (Lipinski definition) is 4. The summed E-state index contributed by atoms with van der Waals surface area (Å²) in [4.78, 5) is 18.5. The third kappa shape index (κ3) is 2.60. The van der Waals surface area contributed by atoms with E-state index in [1.54, 1.807) is 4.90 Å². The standard InChI is InChI=1S/C15H15ClN2O3/c16-14-12-4-2-1-3-11(12)13(7-17-14)15(20)18-5-6-21-9-10(18)8-19/h1-4,7,10,19H,5-6,8-9H2. The highest BCUT2D eigenvalue weighted by Crippen LogP contribution is 2.25. The number of aromatic nitrogens is 1. The third-order valence-electron chi connectivity index (χ3n) is 3.68. The van der Waals surface area contributed by atoms with Crippen LogP contribution in [0.4, 0.5) is 0 Å². The van der Waals surface area contributed by atoms with Crippen molar-refractivity contribution in [1.82, 2.24) is 9.88 Å². The molecule has 1 aliphatic rings. The first-order valence-electron chi connectivity index (χ1n) is 6.75. The van der Waals surface area contributed by atoms with Crippen LogP contribution in [0.15, 0.2) is 30.5 Å². The molecule has 2 heterocycles. The molecule has 5 nitrogen and oxygen atoms in total. The minimum Gasteiger partial charge on any atom is -0.394 e. The summed E-state index contributed by atoms with van der Waals surface area (Å²) in [6.45, 7) is 1.16. The fourth-order valence-corrected chi connectivity index (χ4v) is 2.77. The molecule has 1 aromatic heterocycles. The van der Waals surface area contributed by atoms with Crippen LogP contribution in [0.5, 0.6) is 0 Å². The predicted octanol–water partition coefficient (Wildman–Crippen LogP) is 1.72. The van der Waals surface area contributed by atoms with Gasteiger partial charge in [0.25, 0.3) is 5.91 Å². The number of fused-ring (bicyclic) bond motifs is 1. The summed E-state index contributed by atoms with van der Waals surface area (Å²) in [5.74, 6) is -0.155. The molecule has 1 unspecified atom stereocenters. The van der Waals surface area contributed by atoms with Crippen LogP contribution in [0.2, 0.25) is 5.15 Å². The first-order chi connectivity index (χ1) is 10.2. The van der Waals surface area contributed by atoms with E-state index in [2.05, 4.69) is 4.98 Å². The van der Waals surface area contributed by atoms with Crippen molar-refractivity contribution in [2.45, 2.75) is 6.04 Å². The van der Waals surface area contributed by atoms with Gasteiger partial charge in [0.15, 0.2) is 0 Å². The second-order valence-electron chi connectivity index (χ2n) is 4.92. The van der Waals surface area contributed by atoms with Crippen LogP contribution in [-0.2, 0) is 4.74 Å². The molecule has 1 N–H and O–H groups in total. The first-order valence-corrected chi connectivity index (χ1v) is 7.13. The number of carbonyl (C=O) groups is 1. The van der Waals surface area contributed by atoms with Crippen molar-refractivity contribution < 1.29 is 14.6 Å². The Bertz CT molecular complexity index is 677. The number of aliphatic hydroxyl groups excluding tert-OH is 1. The average Bonchev–Trinajstić information content (AvgIpc) is 2.55. The second kappa shape index (κ2) is 5.97. The second-order valence-corrected chi connectivity index (χ2v) is 5.28. The van der Waals surface area contributed by atoms with Crippen molar-refractivity contribution in [2.24, 2.45) is 0 Å². The lowest BCUT2D eigenvalue weighted by Gasteiger charge is -2.34. The first kappa shape index (κ1) is 14.3. The molecule has 3 rings (SSSR count). The number of morpholine rings is 1. The fourth-order valence-electron chi connectivity index (χ4n) is 2.56. The van der Waals surface area contributed by atoms with Crippen molar-refractivity contribution in [3.63, 3.8) is 0 Å². The van der Waals surface area contributed by atoms with Crippen molar-refractivity contribution in [1.29, 1.82) is 0 Å². The summed E-state index contributed by atoms with van der Waals surface area (Å²) >= 11 is 6.08. The van der Waals surface area contributed by atoms with Crippen LogP contribution < -0.4 is 0 Å². The molecule has 110 valence electrons. The van der Waals surface area contributed by atoms with Gasteiger partial charge in [0.2, 0.25) is 0 Å². The molecular weight excluding hydrogens is 292 g/mol. The maximum Gasteiger partial charge on any atom is 0.256 e. The topological polar surface area (TPSA) is 62.7 Å². The van der Waals surface area contributed by atoms with Crippen LogP contribution >= 0.6 is 11.6 Å². The molecule has 1 amide bonds. The highest BCUT2D eigenvalue weighted by atomic mass is 35.5. The largest absolute Gasteiger partial charge is 0.394 e. The number of amides is 1. The zero-order chi connectivity index (χ0) is 14.8. The van der Waals surface area contributed by atoms with Gasteiger partial charge in [0, 0.05) is 18.1 Å². The monoisotopic (exact) mass is 306 g/mol. The highest BCUT2D eigenvalue weighted by molar-refractivity contribution is 6.34. The number of carbonyl (C=O) groups excluding carboxylic acids is 1. The van der Waals surface area contributed by atoms with Gasteiger partial charge in [-0.3, -0.25) is 4.79 Å². The number of rotatable bonds is 2. The predicted molar refractivity (Wildman–Crippen MR) is 79.5 cm³/mol. The number of hydrogen-bond donors (Lipinski definition) is 1. The Morgan fingerprint density at radius 3 is 2.95 bits per heavy atom. The minimum absolute atomic E-state index is 0.120. The molecule has 1 aromatic carbocycles. The van der Waals surface area contributed by atoms with Gasteiger partial charge in [-0.15, -0.1) is 0 Å². The number of benzene rings is 1. The summed E-state index contributed by atoms with van der Waals surface area (Å²) in [6.07, 6.45) is 1.50. The Kier molecular flexibility index (Phi) is 4.05. The molecule has 0 spiro atoms. The van der Waals surface area contributed by atoms with E-state index >= 15 is 0 Å². The molecule has 1 atom stereocenters. The van der Waals surface area contributed by atoms with E-state index in [9.17, 15) is 9.90 Å². The van der Waals surface area contributed by atoms with Gasteiger partial charge in [0.05, 0.1) is 31.4 Å². The Morgan fingerprint density at radius 1 is 1.43 bits per heavy atom. The van der Waals surface area contributed by atoms with E-state index in [0.717, 1.165) is 10.8 Å². The van der Waals surface area contributed by atoms with E-state index in [1.165, 1.54) is 6.20 Å². The molecule has 0 saturated carbocycles. The Labute approximate surface area is 127 Å². The molecule has 1 saturated heterocycles. The zero-order valence-corrected chi connectivity index (χ0v) is 12.1. The molecule has 0 bridgehead atoms. The van der Waals surface area contributed by atoms with E-state index in [-0.39, 0.29) is 18.6 Å². The van der Waals surface area contributed by atoms with Gasteiger partial charge in [-0.2, -0.15) is 0 Å². The Balaban J connectivity index is 2.03. The zero-order valence-electron chi connectivity index (χ0n) is 11.3. The van der Waals surface area contributed by atoms with Crippen LogP contribution in [0.3, 0.4) is 0 Å². The lowest BCUT2D eigenvalue weighted by molar-refractivity contribution is -0.0183. The smallest absolute Gasteiger partial charge is 0.256 e. The lowest BCUT2D eigenvalue weighted by Crippen LogP contribution is -2.50. The molecule has 0 radical (unpaired) electrons. The number of pyridine rings is 1. The number of nitrogens with zero attached hydrogens (tertiary/aromatic N) is 2. The highest BCUT2D eigenvalue weighted by Gasteiger charge is 2.28. The van der Waals surface area contributed by atoms with Crippen LogP contribution in [0.25, 0.3) is 10.8 Å². The van der Waals surface area contributed by atoms with Gasteiger partial charge in [-0.25, -0.2) is 4.98 Å². The van der Waals surface area contributed by atoms with Gasteiger partial charge in [0.1, 0.15) is 5.15 Å². The van der Waals surface area contributed by atoms with E-state index < -0.39 is 0 Å². The van der Waals surface area contributed by atoms with E-state index in [1.807, 2.05) is 24.3 Å². The van der Waals surface area contributed by atoms with Crippen molar-refractivity contribution >= 4 is 28.3 Å². The van der Waals surface area contributed by atoms with Crippen LogP contribution in [0, 0.1) is 0 Å². The molecule has 2 aromatic rings. The van der Waals surface area contributed by atoms with Gasteiger partial charge >= 0.3 is 0 Å². The number of aliphatic hydroxyl groups is 1. The normalized spacial score (nSPS) is 19.0. The van der Waals surface area contributed by atoms with Crippen LogP contribution in [0.1, 0.15) is 10.4 Å². The van der Waals surface area contributed by atoms with E-state index in [0.29, 0.717) is 30.5 Å². The number of ether oxygens (including phenoxy) is 1. The van der Waals surface area contributed by atoms with Gasteiger partial charge in [-0.1, -0.05) is 35.9 Å².